The molecule has 4 nitrogen and oxygen atoms in total. The lowest BCUT2D eigenvalue weighted by Crippen LogP contribution is -2.52. The normalized spacial score (nSPS) is 15.4. The summed E-state index contributed by atoms with van der Waals surface area (Å²) in [5.41, 5.74) is 1.21. The number of para-hydroxylation sites is 1. The second kappa shape index (κ2) is 7.69. The summed E-state index contributed by atoms with van der Waals surface area (Å²) in [4.78, 5) is 16.3. The summed E-state index contributed by atoms with van der Waals surface area (Å²) in [5.74, 6) is 0.623. The molecule has 1 aliphatic rings. The van der Waals surface area contributed by atoms with Gasteiger partial charge in [0.1, 0.15) is 0 Å². The van der Waals surface area contributed by atoms with Crippen LogP contribution >= 0.6 is 15.9 Å². The molecule has 2 rings (SSSR count). The molecule has 1 aromatic rings. The van der Waals surface area contributed by atoms with E-state index < -0.39 is 0 Å². The van der Waals surface area contributed by atoms with Gasteiger partial charge in [0.25, 0.3) is 0 Å². The van der Waals surface area contributed by atoms with E-state index in [0.717, 1.165) is 43.6 Å². The van der Waals surface area contributed by atoms with Crippen LogP contribution in [0.1, 0.15) is 20.3 Å². The van der Waals surface area contributed by atoms with Gasteiger partial charge in [0.15, 0.2) is 0 Å². The van der Waals surface area contributed by atoms with Gasteiger partial charge >= 0.3 is 6.03 Å². The Balaban J connectivity index is 1.80. The van der Waals surface area contributed by atoms with Crippen LogP contribution in [0, 0.1) is 5.92 Å². The van der Waals surface area contributed by atoms with Gasteiger partial charge in [0.05, 0.1) is 5.69 Å². The zero-order valence-electron chi connectivity index (χ0n) is 12.8. The second-order valence-electron chi connectivity index (χ2n) is 5.84. The van der Waals surface area contributed by atoms with Crippen LogP contribution in [0.5, 0.6) is 0 Å². The monoisotopic (exact) mass is 353 g/mol. The number of amides is 2. The summed E-state index contributed by atoms with van der Waals surface area (Å²) >= 11 is 3.59. The Kier molecular flexibility index (Phi) is 5.91. The Morgan fingerprint density at radius 2 is 1.90 bits per heavy atom. The minimum absolute atomic E-state index is 0.0717. The molecule has 0 atom stereocenters. The van der Waals surface area contributed by atoms with Crippen LogP contribution in [-0.4, -0.2) is 43.7 Å². The van der Waals surface area contributed by atoms with E-state index in [0.29, 0.717) is 5.92 Å². The van der Waals surface area contributed by atoms with Gasteiger partial charge in [0.2, 0.25) is 0 Å². The maximum atomic E-state index is 12.1. The van der Waals surface area contributed by atoms with E-state index in [4.69, 9.17) is 0 Å². The highest BCUT2D eigenvalue weighted by molar-refractivity contribution is 9.10. The largest absolute Gasteiger partial charge is 0.367 e. The van der Waals surface area contributed by atoms with Crippen molar-refractivity contribution >= 4 is 27.6 Å². The average Bonchev–Trinajstić information content (AvgIpc) is 2.47. The van der Waals surface area contributed by atoms with Gasteiger partial charge in [-0.05, 0) is 40.4 Å². The van der Waals surface area contributed by atoms with Gasteiger partial charge in [-0.25, -0.2) is 4.79 Å². The van der Waals surface area contributed by atoms with Crippen LogP contribution in [-0.2, 0) is 0 Å². The highest BCUT2D eigenvalue weighted by atomic mass is 79.9. The molecule has 1 heterocycles. The van der Waals surface area contributed by atoms with Crippen molar-refractivity contribution in [1.29, 1.82) is 0 Å². The number of rotatable bonds is 4. The standard InChI is InChI=1S/C16H24BrN3O/c1-13(2)7-8-18-16(21)20-11-9-19(10-12-20)15-6-4-3-5-14(15)17/h3-6,13H,7-12H2,1-2H3,(H,18,21). The van der Waals surface area contributed by atoms with Crippen molar-refractivity contribution < 1.29 is 4.79 Å². The minimum Gasteiger partial charge on any atom is -0.367 e. The number of carbonyl (C=O) groups excluding carboxylic acids is 1. The lowest BCUT2D eigenvalue weighted by molar-refractivity contribution is 0.194. The molecule has 116 valence electrons. The molecule has 21 heavy (non-hydrogen) atoms. The molecule has 0 aromatic heterocycles. The number of piperazine rings is 1. The average molecular weight is 354 g/mol. The summed E-state index contributed by atoms with van der Waals surface area (Å²) in [6.07, 6.45) is 1.03. The zero-order valence-corrected chi connectivity index (χ0v) is 14.4. The first kappa shape index (κ1) is 16.1. The van der Waals surface area contributed by atoms with Crippen LogP contribution in [0.3, 0.4) is 0 Å². The summed E-state index contributed by atoms with van der Waals surface area (Å²) < 4.78 is 1.11. The molecule has 0 spiro atoms. The molecular formula is C16H24BrN3O. The third-order valence-corrected chi connectivity index (χ3v) is 4.43. The van der Waals surface area contributed by atoms with E-state index in [2.05, 4.69) is 52.1 Å². The van der Waals surface area contributed by atoms with Gasteiger partial charge in [-0.3, -0.25) is 0 Å². The van der Waals surface area contributed by atoms with E-state index in [1.54, 1.807) is 0 Å². The number of hydrogen-bond donors (Lipinski definition) is 1. The quantitative estimate of drug-likeness (QED) is 0.900. The summed E-state index contributed by atoms with van der Waals surface area (Å²) in [6.45, 7) is 8.40. The van der Waals surface area contributed by atoms with Crippen LogP contribution in [0.15, 0.2) is 28.7 Å². The minimum atomic E-state index is 0.0717. The zero-order chi connectivity index (χ0) is 15.2. The van der Waals surface area contributed by atoms with Gasteiger partial charge in [-0.15, -0.1) is 0 Å². The molecule has 0 aliphatic carbocycles. The third kappa shape index (κ3) is 4.63. The molecule has 0 saturated carbocycles. The number of benzene rings is 1. The van der Waals surface area contributed by atoms with Crippen molar-refractivity contribution in [3.63, 3.8) is 0 Å². The Morgan fingerprint density at radius 3 is 2.52 bits per heavy atom. The van der Waals surface area contributed by atoms with Gasteiger partial charge < -0.3 is 15.1 Å². The Morgan fingerprint density at radius 1 is 1.24 bits per heavy atom. The van der Waals surface area contributed by atoms with E-state index in [-0.39, 0.29) is 6.03 Å². The number of nitrogens with zero attached hydrogens (tertiary/aromatic N) is 2. The first-order valence-corrected chi connectivity index (χ1v) is 8.39. The van der Waals surface area contributed by atoms with E-state index in [1.807, 2.05) is 17.0 Å². The first-order chi connectivity index (χ1) is 10.1. The molecular weight excluding hydrogens is 330 g/mol. The molecule has 0 unspecified atom stereocenters. The molecule has 1 saturated heterocycles. The number of halogens is 1. The number of urea groups is 1. The highest BCUT2D eigenvalue weighted by Crippen LogP contribution is 2.26. The van der Waals surface area contributed by atoms with Crippen molar-refractivity contribution in [2.24, 2.45) is 5.92 Å². The lowest BCUT2D eigenvalue weighted by atomic mass is 10.1. The molecule has 1 fully saturated rings. The van der Waals surface area contributed by atoms with Crippen LogP contribution in [0.4, 0.5) is 10.5 Å². The van der Waals surface area contributed by atoms with E-state index >= 15 is 0 Å². The number of anilines is 1. The van der Waals surface area contributed by atoms with Crippen molar-refractivity contribution in [1.82, 2.24) is 10.2 Å². The van der Waals surface area contributed by atoms with Gasteiger partial charge in [-0.1, -0.05) is 26.0 Å². The Labute approximate surface area is 135 Å². The highest BCUT2D eigenvalue weighted by Gasteiger charge is 2.21. The number of nitrogens with one attached hydrogen (secondary N) is 1. The fraction of sp³-hybridized carbons (Fsp3) is 0.562. The fourth-order valence-corrected chi connectivity index (χ4v) is 2.97. The molecule has 1 N–H and O–H groups in total. The van der Waals surface area contributed by atoms with Gasteiger partial charge in [-0.2, -0.15) is 0 Å². The topological polar surface area (TPSA) is 35.6 Å². The number of hydrogen-bond acceptors (Lipinski definition) is 2. The van der Waals surface area contributed by atoms with Crippen molar-refractivity contribution in [2.75, 3.05) is 37.6 Å². The van der Waals surface area contributed by atoms with Crippen molar-refractivity contribution in [2.45, 2.75) is 20.3 Å². The molecule has 0 bridgehead atoms. The molecule has 1 aromatic carbocycles. The SMILES string of the molecule is CC(C)CCNC(=O)N1CCN(c2ccccc2Br)CC1. The summed E-state index contributed by atoms with van der Waals surface area (Å²) in [5, 5.41) is 3.01. The van der Waals surface area contributed by atoms with Crippen molar-refractivity contribution in [3.05, 3.63) is 28.7 Å². The third-order valence-electron chi connectivity index (χ3n) is 3.76. The molecule has 1 aliphatic heterocycles. The van der Waals surface area contributed by atoms with E-state index in [1.165, 1.54) is 5.69 Å². The van der Waals surface area contributed by atoms with E-state index in [9.17, 15) is 4.79 Å². The van der Waals surface area contributed by atoms with Crippen molar-refractivity contribution in [3.8, 4) is 0 Å². The Hall–Kier alpha value is -1.23. The summed E-state index contributed by atoms with van der Waals surface area (Å²) in [7, 11) is 0. The molecule has 0 radical (unpaired) electrons. The van der Waals surface area contributed by atoms with Crippen LogP contribution in [0.25, 0.3) is 0 Å². The maximum absolute atomic E-state index is 12.1. The lowest BCUT2D eigenvalue weighted by Gasteiger charge is -2.36. The molecule has 2 amide bonds. The van der Waals surface area contributed by atoms with Gasteiger partial charge in [0, 0.05) is 37.2 Å². The smallest absolute Gasteiger partial charge is 0.317 e. The fourth-order valence-electron chi connectivity index (χ4n) is 2.44. The predicted octanol–water partition coefficient (Wildman–Crippen LogP) is 3.33. The second-order valence-corrected chi connectivity index (χ2v) is 6.69. The predicted molar refractivity (Wildman–Crippen MR) is 90.8 cm³/mol. The first-order valence-electron chi connectivity index (χ1n) is 7.60. The maximum Gasteiger partial charge on any atom is 0.317 e. The number of carbonyl (C=O) groups is 1. The summed E-state index contributed by atoms with van der Waals surface area (Å²) in [6, 6.07) is 8.31. The van der Waals surface area contributed by atoms with Crippen LogP contribution < -0.4 is 10.2 Å². The van der Waals surface area contributed by atoms with Crippen LogP contribution in [0.2, 0.25) is 0 Å². The Bertz CT molecular complexity index is 470. The molecule has 5 heteroatoms.